The van der Waals surface area contributed by atoms with Crippen molar-refractivity contribution in [2.45, 2.75) is 26.4 Å². The maximum Gasteiger partial charge on any atom is 0.414 e. The maximum atomic E-state index is 11.5. The van der Waals surface area contributed by atoms with Crippen LogP contribution in [0.25, 0.3) is 0 Å². The van der Waals surface area contributed by atoms with E-state index >= 15 is 0 Å². The number of cyclic esters (lactones) is 1. The van der Waals surface area contributed by atoms with E-state index in [4.69, 9.17) is 4.74 Å². The first-order valence-corrected chi connectivity index (χ1v) is 5.62. The molecule has 0 aromatic carbocycles. The molecule has 1 N–H and O–H groups in total. The van der Waals surface area contributed by atoms with Gasteiger partial charge in [0, 0.05) is 12.6 Å². The first-order valence-electron chi connectivity index (χ1n) is 5.62. The summed E-state index contributed by atoms with van der Waals surface area (Å²) in [7, 11) is 0. The van der Waals surface area contributed by atoms with E-state index in [2.05, 4.69) is 11.9 Å². The largest absolute Gasteiger partial charge is 0.442 e. The monoisotopic (exact) mass is 238 g/mol. The van der Waals surface area contributed by atoms with E-state index in [1.807, 2.05) is 13.0 Å². The van der Waals surface area contributed by atoms with Crippen molar-refractivity contribution in [2.24, 2.45) is 0 Å². The number of nitrogens with one attached hydrogen (secondary N) is 1. The molecular formula is C12H18N2O3. The summed E-state index contributed by atoms with van der Waals surface area (Å²) in [6.45, 7) is 8.00. The lowest BCUT2D eigenvalue weighted by Gasteiger charge is -2.12. The lowest BCUT2D eigenvalue weighted by molar-refractivity contribution is -0.119. The van der Waals surface area contributed by atoms with Crippen LogP contribution in [0.15, 0.2) is 24.4 Å². The average Bonchev–Trinajstić information content (AvgIpc) is 2.65. The number of carbonyl (C=O) groups is 2. The molecule has 94 valence electrons. The third kappa shape index (κ3) is 3.94. The van der Waals surface area contributed by atoms with Gasteiger partial charge in [-0.3, -0.25) is 9.69 Å². The smallest absolute Gasteiger partial charge is 0.414 e. The fourth-order valence-corrected chi connectivity index (χ4v) is 1.46. The summed E-state index contributed by atoms with van der Waals surface area (Å²) < 4.78 is 5.10. The second kappa shape index (κ2) is 6.08. The molecule has 0 radical (unpaired) electrons. The summed E-state index contributed by atoms with van der Waals surface area (Å²) in [5.74, 6) is -0.135. The molecule has 17 heavy (non-hydrogen) atoms. The molecule has 0 saturated carbocycles. The van der Waals surface area contributed by atoms with Crippen molar-refractivity contribution in [3.63, 3.8) is 0 Å². The molecule has 0 unspecified atom stereocenters. The lowest BCUT2D eigenvalue weighted by Crippen LogP contribution is -2.32. The number of hydrogen-bond donors (Lipinski definition) is 1. The Morgan fingerprint density at radius 2 is 2.41 bits per heavy atom. The molecule has 5 nitrogen and oxygen atoms in total. The second-order valence-electron chi connectivity index (χ2n) is 3.86. The Morgan fingerprint density at radius 1 is 1.71 bits per heavy atom. The quantitative estimate of drug-likeness (QED) is 0.737. The van der Waals surface area contributed by atoms with Crippen LogP contribution < -0.4 is 5.32 Å². The molecule has 0 aromatic heterocycles. The van der Waals surface area contributed by atoms with Crippen LogP contribution in [0.3, 0.4) is 0 Å². The van der Waals surface area contributed by atoms with Gasteiger partial charge in [0.1, 0.15) is 6.10 Å². The van der Waals surface area contributed by atoms with Gasteiger partial charge in [0.25, 0.3) is 0 Å². The van der Waals surface area contributed by atoms with Crippen LogP contribution in [0.1, 0.15) is 20.3 Å². The van der Waals surface area contributed by atoms with Crippen molar-refractivity contribution in [3.05, 3.63) is 24.4 Å². The highest BCUT2D eigenvalue weighted by Crippen LogP contribution is 2.16. The Labute approximate surface area is 101 Å². The van der Waals surface area contributed by atoms with E-state index < -0.39 is 6.09 Å². The van der Waals surface area contributed by atoms with Gasteiger partial charge in [-0.05, 0) is 12.5 Å². The molecule has 0 bridgehead atoms. The van der Waals surface area contributed by atoms with Gasteiger partial charge in [0.05, 0.1) is 13.1 Å². The molecule has 1 atom stereocenters. The fraction of sp³-hybridized carbons (Fsp3) is 0.500. The Morgan fingerprint density at radius 3 is 3.00 bits per heavy atom. The van der Waals surface area contributed by atoms with Crippen LogP contribution in [0.2, 0.25) is 0 Å². The normalized spacial score (nSPS) is 19.5. The Hall–Kier alpha value is -1.78. The van der Waals surface area contributed by atoms with Crippen molar-refractivity contribution in [3.8, 4) is 0 Å². The molecule has 0 aliphatic carbocycles. The van der Waals surface area contributed by atoms with E-state index in [0.29, 0.717) is 18.8 Å². The second-order valence-corrected chi connectivity index (χ2v) is 3.86. The van der Waals surface area contributed by atoms with Crippen LogP contribution >= 0.6 is 0 Å². The molecular weight excluding hydrogens is 220 g/mol. The molecule has 1 heterocycles. The first-order chi connectivity index (χ1) is 8.04. The van der Waals surface area contributed by atoms with Gasteiger partial charge >= 0.3 is 6.09 Å². The zero-order valence-electron chi connectivity index (χ0n) is 10.2. The Balaban J connectivity index is 2.49. The van der Waals surface area contributed by atoms with E-state index in [1.165, 1.54) is 11.8 Å². The van der Waals surface area contributed by atoms with Crippen molar-refractivity contribution >= 4 is 12.0 Å². The van der Waals surface area contributed by atoms with Gasteiger partial charge in [-0.1, -0.05) is 19.6 Å². The third-order valence-electron chi connectivity index (χ3n) is 2.35. The van der Waals surface area contributed by atoms with Crippen LogP contribution in [0, 0.1) is 0 Å². The van der Waals surface area contributed by atoms with Gasteiger partial charge in [0.15, 0.2) is 0 Å². The van der Waals surface area contributed by atoms with Crippen molar-refractivity contribution < 1.29 is 14.3 Å². The van der Waals surface area contributed by atoms with Crippen LogP contribution in [-0.4, -0.2) is 36.1 Å². The average molecular weight is 238 g/mol. The standard InChI is InChI=1S/C12H18N2O3/c1-4-5-6-9(2)14-8-11(17-12(14)16)7-13-10(3)15/h5-6,11H,2,4,7-8H2,1,3H3,(H,13,15)/b6-5-/t11-/m0/s1. The summed E-state index contributed by atoms with van der Waals surface area (Å²) in [5, 5.41) is 2.62. The number of amides is 2. The SMILES string of the molecule is C=C(/C=C\CC)N1C[C@H](CNC(C)=O)OC1=O. The zero-order valence-corrected chi connectivity index (χ0v) is 10.2. The maximum absolute atomic E-state index is 11.5. The molecule has 1 rings (SSSR count). The predicted octanol–water partition coefficient (Wildman–Crippen LogP) is 1.42. The minimum atomic E-state index is -0.411. The fourth-order valence-electron chi connectivity index (χ4n) is 1.46. The number of carbonyl (C=O) groups excluding carboxylic acids is 2. The molecule has 1 aliphatic heterocycles. The van der Waals surface area contributed by atoms with Gasteiger partial charge < -0.3 is 10.1 Å². The summed E-state index contributed by atoms with van der Waals surface area (Å²) in [6, 6.07) is 0. The van der Waals surface area contributed by atoms with Crippen molar-refractivity contribution in [2.75, 3.05) is 13.1 Å². The number of hydrogen-bond acceptors (Lipinski definition) is 3. The highest BCUT2D eigenvalue weighted by Gasteiger charge is 2.32. The van der Waals surface area contributed by atoms with Crippen molar-refractivity contribution in [1.82, 2.24) is 10.2 Å². The van der Waals surface area contributed by atoms with Gasteiger partial charge in [-0.2, -0.15) is 0 Å². The molecule has 1 aliphatic rings. The number of nitrogens with zero attached hydrogens (tertiary/aromatic N) is 1. The molecule has 0 aromatic rings. The Bertz CT molecular complexity index is 350. The van der Waals surface area contributed by atoms with Gasteiger partial charge in [-0.25, -0.2) is 4.79 Å². The minimum Gasteiger partial charge on any atom is -0.442 e. The van der Waals surface area contributed by atoms with E-state index in [9.17, 15) is 9.59 Å². The summed E-state index contributed by atoms with van der Waals surface area (Å²) in [6.07, 6.45) is 3.89. The van der Waals surface area contributed by atoms with Gasteiger partial charge in [-0.15, -0.1) is 0 Å². The number of allylic oxidation sites excluding steroid dienone is 2. The summed E-state index contributed by atoms with van der Waals surface area (Å²) >= 11 is 0. The minimum absolute atomic E-state index is 0.135. The van der Waals surface area contributed by atoms with Gasteiger partial charge in [0.2, 0.25) is 5.91 Å². The molecule has 0 spiro atoms. The summed E-state index contributed by atoms with van der Waals surface area (Å²) in [5.41, 5.74) is 0.613. The topological polar surface area (TPSA) is 58.6 Å². The highest BCUT2D eigenvalue weighted by atomic mass is 16.6. The van der Waals surface area contributed by atoms with E-state index in [1.54, 1.807) is 6.08 Å². The molecule has 5 heteroatoms. The number of rotatable bonds is 5. The molecule has 1 saturated heterocycles. The summed E-state index contributed by atoms with van der Waals surface area (Å²) in [4.78, 5) is 23.7. The lowest BCUT2D eigenvalue weighted by atomic mass is 10.3. The van der Waals surface area contributed by atoms with Crippen LogP contribution in [-0.2, 0) is 9.53 Å². The van der Waals surface area contributed by atoms with Crippen molar-refractivity contribution in [1.29, 1.82) is 0 Å². The van der Waals surface area contributed by atoms with E-state index in [0.717, 1.165) is 6.42 Å². The van der Waals surface area contributed by atoms with Crippen LogP contribution in [0.4, 0.5) is 4.79 Å². The predicted molar refractivity (Wildman–Crippen MR) is 64.2 cm³/mol. The zero-order chi connectivity index (χ0) is 12.8. The number of ether oxygens (including phenoxy) is 1. The van der Waals surface area contributed by atoms with Crippen LogP contribution in [0.5, 0.6) is 0 Å². The molecule has 1 fully saturated rings. The van der Waals surface area contributed by atoms with E-state index in [-0.39, 0.29) is 12.0 Å². The molecule has 2 amide bonds. The Kier molecular flexibility index (Phi) is 4.75. The highest BCUT2D eigenvalue weighted by molar-refractivity contribution is 5.74. The first kappa shape index (κ1) is 13.3. The third-order valence-corrected chi connectivity index (χ3v) is 2.35.